The predicted molar refractivity (Wildman–Crippen MR) is 83.2 cm³/mol. The summed E-state index contributed by atoms with van der Waals surface area (Å²) < 4.78 is 7.33. The third kappa shape index (κ3) is 3.88. The molecule has 0 unspecified atom stereocenters. The van der Waals surface area contributed by atoms with Gasteiger partial charge in [0.15, 0.2) is 0 Å². The number of nitrogens with zero attached hydrogens (tertiary/aromatic N) is 1. The molecule has 0 fully saturated rings. The second kappa shape index (κ2) is 6.48. The zero-order chi connectivity index (χ0) is 15.3. The SMILES string of the molecule is COc1ccccc1CNC(=O)CC(C)(C)n1cccc1. The van der Waals surface area contributed by atoms with Gasteiger partial charge in [0, 0.05) is 36.5 Å². The van der Waals surface area contributed by atoms with Crippen molar-refractivity contribution in [1.82, 2.24) is 9.88 Å². The number of amides is 1. The summed E-state index contributed by atoms with van der Waals surface area (Å²) in [6, 6.07) is 11.6. The van der Waals surface area contributed by atoms with Crippen LogP contribution in [-0.2, 0) is 16.9 Å². The Kier molecular flexibility index (Phi) is 4.68. The Labute approximate surface area is 125 Å². The minimum absolute atomic E-state index is 0.0274. The molecule has 0 aliphatic heterocycles. The van der Waals surface area contributed by atoms with E-state index < -0.39 is 0 Å². The molecule has 2 aromatic rings. The summed E-state index contributed by atoms with van der Waals surface area (Å²) in [7, 11) is 1.63. The molecular weight excluding hydrogens is 264 g/mol. The van der Waals surface area contributed by atoms with Crippen LogP contribution in [0.5, 0.6) is 5.75 Å². The van der Waals surface area contributed by atoms with E-state index in [2.05, 4.69) is 23.7 Å². The molecule has 0 atom stereocenters. The quantitative estimate of drug-likeness (QED) is 0.887. The van der Waals surface area contributed by atoms with Crippen LogP contribution < -0.4 is 10.1 Å². The molecule has 0 spiro atoms. The van der Waals surface area contributed by atoms with Crippen molar-refractivity contribution in [3.8, 4) is 5.75 Å². The van der Waals surface area contributed by atoms with Gasteiger partial charge in [-0.1, -0.05) is 18.2 Å². The van der Waals surface area contributed by atoms with Gasteiger partial charge in [-0.15, -0.1) is 0 Å². The fraction of sp³-hybridized carbons (Fsp3) is 0.353. The molecule has 0 saturated heterocycles. The Balaban J connectivity index is 1.93. The highest BCUT2D eigenvalue weighted by molar-refractivity contribution is 5.76. The van der Waals surface area contributed by atoms with Crippen molar-refractivity contribution in [1.29, 1.82) is 0 Å². The van der Waals surface area contributed by atoms with Crippen LogP contribution in [0, 0.1) is 0 Å². The van der Waals surface area contributed by atoms with Crippen LogP contribution in [0.15, 0.2) is 48.8 Å². The molecule has 1 amide bonds. The maximum atomic E-state index is 12.2. The largest absolute Gasteiger partial charge is 0.496 e. The van der Waals surface area contributed by atoms with Gasteiger partial charge in [-0.3, -0.25) is 4.79 Å². The monoisotopic (exact) mass is 286 g/mol. The Morgan fingerprint density at radius 1 is 1.19 bits per heavy atom. The predicted octanol–water partition coefficient (Wildman–Crippen LogP) is 2.94. The molecular formula is C17H22N2O2. The van der Waals surface area contributed by atoms with E-state index in [9.17, 15) is 4.79 Å². The van der Waals surface area contributed by atoms with Gasteiger partial charge in [0.2, 0.25) is 5.91 Å². The normalized spacial score (nSPS) is 11.2. The zero-order valence-electron chi connectivity index (χ0n) is 12.8. The fourth-order valence-electron chi connectivity index (χ4n) is 2.33. The van der Waals surface area contributed by atoms with Gasteiger partial charge >= 0.3 is 0 Å². The topological polar surface area (TPSA) is 43.3 Å². The van der Waals surface area contributed by atoms with Crippen molar-refractivity contribution in [2.24, 2.45) is 0 Å². The van der Waals surface area contributed by atoms with Crippen molar-refractivity contribution < 1.29 is 9.53 Å². The van der Waals surface area contributed by atoms with Gasteiger partial charge in [-0.2, -0.15) is 0 Å². The Hall–Kier alpha value is -2.23. The van der Waals surface area contributed by atoms with Crippen LogP contribution in [0.4, 0.5) is 0 Å². The Bertz CT molecular complexity index is 589. The number of aromatic nitrogens is 1. The minimum atomic E-state index is -0.242. The van der Waals surface area contributed by atoms with Crippen LogP contribution in [0.25, 0.3) is 0 Å². The highest BCUT2D eigenvalue weighted by Crippen LogP contribution is 2.20. The molecule has 0 radical (unpaired) electrons. The first kappa shape index (κ1) is 15.2. The first-order valence-corrected chi connectivity index (χ1v) is 7.05. The number of benzene rings is 1. The van der Waals surface area contributed by atoms with Gasteiger partial charge in [0.05, 0.1) is 7.11 Å². The van der Waals surface area contributed by atoms with Crippen molar-refractivity contribution >= 4 is 5.91 Å². The van der Waals surface area contributed by atoms with Gasteiger partial charge in [0.25, 0.3) is 0 Å². The van der Waals surface area contributed by atoms with Gasteiger partial charge in [0.1, 0.15) is 5.75 Å². The number of ether oxygens (including phenoxy) is 1. The van der Waals surface area contributed by atoms with E-state index in [4.69, 9.17) is 4.74 Å². The maximum absolute atomic E-state index is 12.2. The van der Waals surface area contributed by atoms with E-state index in [1.807, 2.05) is 48.8 Å². The number of carbonyl (C=O) groups is 1. The summed E-state index contributed by atoms with van der Waals surface area (Å²) in [5, 5.41) is 2.96. The Morgan fingerprint density at radius 3 is 2.52 bits per heavy atom. The summed E-state index contributed by atoms with van der Waals surface area (Å²) in [6.07, 6.45) is 4.39. The third-order valence-corrected chi connectivity index (χ3v) is 3.57. The van der Waals surface area contributed by atoms with Crippen LogP contribution in [0.1, 0.15) is 25.8 Å². The van der Waals surface area contributed by atoms with E-state index in [0.29, 0.717) is 13.0 Å². The average molecular weight is 286 g/mol. The maximum Gasteiger partial charge on any atom is 0.222 e. The summed E-state index contributed by atoms with van der Waals surface area (Å²) >= 11 is 0. The van der Waals surface area contributed by atoms with Crippen molar-refractivity contribution in [2.75, 3.05) is 7.11 Å². The lowest BCUT2D eigenvalue weighted by Crippen LogP contribution is -2.34. The van der Waals surface area contributed by atoms with Crippen molar-refractivity contribution in [2.45, 2.75) is 32.4 Å². The zero-order valence-corrected chi connectivity index (χ0v) is 12.8. The standard InChI is InChI=1S/C17H22N2O2/c1-17(2,19-10-6-7-11-19)12-16(20)18-13-14-8-4-5-9-15(14)21-3/h4-11H,12-13H2,1-3H3,(H,18,20). The molecule has 1 heterocycles. The second-order valence-electron chi connectivity index (χ2n) is 5.67. The summed E-state index contributed by atoms with van der Waals surface area (Å²) in [5.41, 5.74) is 0.737. The second-order valence-corrected chi connectivity index (χ2v) is 5.67. The molecule has 21 heavy (non-hydrogen) atoms. The summed E-state index contributed by atoms with van der Waals surface area (Å²) in [6.45, 7) is 4.58. The third-order valence-electron chi connectivity index (χ3n) is 3.57. The Morgan fingerprint density at radius 2 is 1.86 bits per heavy atom. The lowest BCUT2D eigenvalue weighted by Gasteiger charge is -2.26. The fourth-order valence-corrected chi connectivity index (χ4v) is 2.33. The molecule has 1 N–H and O–H groups in total. The van der Waals surface area contributed by atoms with E-state index in [0.717, 1.165) is 11.3 Å². The van der Waals surface area contributed by atoms with E-state index in [1.54, 1.807) is 7.11 Å². The lowest BCUT2D eigenvalue weighted by atomic mass is 10.00. The van der Waals surface area contributed by atoms with Crippen molar-refractivity contribution in [3.05, 3.63) is 54.4 Å². The lowest BCUT2D eigenvalue weighted by molar-refractivity contribution is -0.122. The molecule has 0 aliphatic carbocycles. The van der Waals surface area contributed by atoms with Crippen molar-refractivity contribution in [3.63, 3.8) is 0 Å². The van der Waals surface area contributed by atoms with E-state index in [1.165, 1.54) is 0 Å². The number of methoxy groups -OCH3 is 1. The molecule has 4 nitrogen and oxygen atoms in total. The molecule has 4 heteroatoms. The first-order chi connectivity index (χ1) is 10.0. The summed E-state index contributed by atoms with van der Waals surface area (Å²) in [5.74, 6) is 0.821. The highest BCUT2D eigenvalue weighted by Gasteiger charge is 2.23. The van der Waals surface area contributed by atoms with E-state index >= 15 is 0 Å². The molecule has 2 rings (SSSR count). The van der Waals surface area contributed by atoms with Gasteiger partial charge in [-0.25, -0.2) is 0 Å². The van der Waals surface area contributed by atoms with Crippen LogP contribution >= 0.6 is 0 Å². The molecule has 1 aromatic carbocycles. The molecule has 1 aromatic heterocycles. The highest BCUT2D eigenvalue weighted by atomic mass is 16.5. The van der Waals surface area contributed by atoms with Crippen LogP contribution in [0.2, 0.25) is 0 Å². The minimum Gasteiger partial charge on any atom is -0.496 e. The van der Waals surface area contributed by atoms with Crippen LogP contribution in [0.3, 0.4) is 0 Å². The van der Waals surface area contributed by atoms with Gasteiger partial charge in [-0.05, 0) is 32.0 Å². The van der Waals surface area contributed by atoms with Gasteiger partial charge < -0.3 is 14.6 Å². The first-order valence-electron chi connectivity index (χ1n) is 7.05. The number of para-hydroxylation sites is 1. The smallest absolute Gasteiger partial charge is 0.222 e. The number of rotatable bonds is 6. The number of nitrogens with one attached hydrogen (secondary N) is 1. The summed E-state index contributed by atoms with van der Waals surface area (Å²) in [4.78, 5) is 12.2. The number of carbonyl (C=O) groups excluding carboxylic acids is 1. The molecule has 0 saturated carbocycles. The van der Waals surface area contributed by atoms with E-state index in [-0.39, 0.29) is 11.4 Å². The average Bonchev–Trinajstić information content (AvgIpc) is 3.00. The molecule has 0 bridgehead atoms. The molecule has 112 valence electrons. The number of hydrogen-bond acceptors (Lipinski definition) is 2. The molecule has 0 aliphatic rings. The van der Waals surface area contributed by atoms with Crippen LogP contribution in [-0.4, -0.2) is 17.6 Å². The number of hydrogen-bond donors (Lipinski definition) is 1.